The number of hydrogen-bond donors (Lipinski definition) is 2. The van der Waals surface area contributed by atoms with E-state index < -0.39 is 6.10 Å². The lowest BCUT2D eigenvalue weighted by Crippen LogP contribution is -2.30. The number of hydrogen-bond acceptors (Lipinski definition) is 3. The average molecular weight is 249 g/mol. The normalized spacial score (nSPS) is 21.3. The summed E-state index contributed by atoms with van der Waals surface area (Å²) in [5.74, 6) is -0.0327. The molecule has 1 aliphatic rings. The third-order valence-corrected chi connectivity index (χ3v) is 3.19. The molecule has 0 radical (unpaired) electrons. The molecule has 0 spiro atoms. The van der Waals surface area contributed by atoms with Crippen LogP contribution in [0.4, 0.5) is 5.69 Å². The first-order valence-corrected chi connectivity index (χ1v) is 6.33. The highest BCUT2D eigenvalue weighted by molar-refractivity contribution is 5.92. The molecule has 2 atom stereocenters. The quantitative estimate of drug-likeness (QED) is 0.862. The van der Waals surface area contributed by atoms with E-state index in [2.05, 4.69) is 5.32 Å². The molecule has 0 bridgehead atoms. The van der Waals surface area contributed by atoms with E-state index in [-0.39, 0.29) is 11.8 Å². The Morgan fingerprint density at radius 3 is 2.72 bits per heavy atom. The zero-order valence-corrected chi connectivity index (χ0v) is 10.6. The number of anilines is 1. The molecule has 1 fully saturated rings. The van der Waals surface area contributed by atoms with Crippen molar-refractivity contribution in [2.24, 2.45) is 5.92 Å². The Hall–Kier alpha value is -1.39. The topological polar surface area (TPSA) is 58.6 Å². The van der Waals surface area contributed by atoms with Gasteiger partial charge in [-0.1, -0.05) is 12.1 Å². The molecule has 98 valence electrons. The summed E-state index contributed by atoms with van der Waals surface area (Å²) in [6.45, 7) is 2.98. The van der Waals surface area contributed by atoms with Gasteiger partial charge in [-0.25, -0.2) is 0 Å². The van der Waals surface area contributed by atoms with E-state index in [1.165, 1.54) is 0 Å². The molecular formula is C14H19NO3. The lowest BCUT2D eigenvalue weighted by atomic mass is 10.0. The number of benzene rings is 1. The summed E-state index contributed by atoms with van der Waals surface area (Å²) in [6, 6.07) is 7.25. The van der Waals surface area contributed by atoms with Gasteiger partial charge in [0.2, 0.25) is 5.91 Å². The number of aliphatic hydroxyl groups excluding tert-OH is 1. The van der Waals surface area contributed by atoms with Gasteiger partial charge >= 0.3 is 0 Å². The molecule has 0 aliphatic carbocycles. The van der Waals surface area contributed by atoms with Crippen molar-refractivity contribution in [3.8, 4) is 0 Å². The van der Waals surface area contributed by atoms with E-state index in [0.29, 0.717) is 6.61 Å². The van der Waals surface area contributed by atoms with Crippen molar-refractivity contribution in [1.82, 2.24) is 0 Å². The lowest BCUT2D eigenvalue weighted by molar-refractivity contribution is -0.123. The van der Waals surface area contributed by atoms with Crippen molar-refractivity contribution in [3.05, 3.63) is 29.8 Å². The van der Waals surface area contributed by atoms with Crippen LogP contribution in [0.25, 0.3) is 0 Å². The second kappa shape index (κ2) is 5.98. The third kappa shape index (κ3) is 3.31. The van der Waals surface area contributed by atoms with Crippen LogP contribution in [0.3, 0.4) is 0 Å². The molecule has 1 aromatic carbocycles. The first-order valence-electron chi connectivity index (χ1n) is 6.33. The Morgan fingerprint density at radius 2 is 2.17 bits per heavy atom. The van der Waals surface area contributed by atoms with E-state index in [9.17, 15) is 9.90 Å². The highest BCUT2D eigenvalue weighted by atomic mass is 16.5. The molecule has 1 saturated heterocycles. The maximum Gasteiger partial charge on any atom is 0.229 e. The van der Waals surface area contributed by atoms with E-state index in [1.54, 1.807) is 6.92 Å². The number of ether oxygens (including phenoxy) is 1. The fourth-order valence-electron chi connectivity index (χ4n) is 2.04. The highest BCUT2D eigenvalue weighted by Crippen LogP contribution is 2.18. The predicted molar refractivity (Wildman–Crippen MR) is 69.2 cm³/mol. The van der Waals surface area contributed by atoms with E-state index in [0.717, 1.165) is 30.7 Å². The van der Waals surface area contributed by atoms with Gasteiger partial charge in [0.25, 0.3) is 0 Å². The van der Waals surface area contributed by atoms with Gasteiger partial charge in [-0.05, 0) is 37.5 Å². The minimum absolute atomic E-state index is 0.0134. The van der Waals surface area contributed by atoms with Gasteiger partial charge in [0.15, 0.2) is 0 Å². The van der Waals surface area contributed by atoms with Crippen molar-refractivity contribution in [2.75, 3.05) is 18.5 Å². The first-order chi connectivity index (χ1) is 8.66. The number of amides is 1. The second-order valence-corrected chi connectivity index (χ2v) is 4.70. The largest absolute Gasteiger partial charge is 0.389 e. The zero-order valence-electron chi connectivity index (χ0n) is 10.6. The monoisotopic (exact) mass is 249 g/mol. The van der Waals surface area contributed by atoms with Crippen molar-refractivity contribution < 1.29 is 14.6 Å². The summed E-state index contributed by atoms with van der Waals surface area (Å²) < 4.78 is 5.30. The lowest BCUT2D eigenvalue weighted by Gasteiger charge is -2.21. The summed E-state index contributed by atoms with van der Waals surface area (Å²) in [5, 5.41) is 12.3. The molecule has 1 heterocycles. The van der Waals surface area contributed by atoms with Crippen LogP contribution in [0.5, 0.6) is 0 Å². The summed E-state index contributed by atoms with van der Waals surface area (Å²) in [7, 11) is 0. The maximum atomic E-state index is 11.9. The van der Waals surface area contributed by atoms with Crippen molar-refractivity contribution in [1.29, 1.82) is 0 Å². The summed E-state index contributed by atoms with van der Waals surface area (Å²) in [4.78, 5) is 11.9. The molecule has 0 saturated carbocycles. The maximum absolute atomic E-state index is 11.9. The number of carbonyl (C=O) groups excluding carboxylic acids is 1. The summed E-state index contributed by atoms with van der Waals surface area (Å²) in [6.07, 6.45) is 1.35. The minimum Gasteiger partial charge on any atom is -0.389 e. The first kappa shape index (κ1) is 13.1. The molecule has 2 unspecified atom stereocenters. The fourth-order valence-corrected chi connectivity index (χ4v) is 2.04. The number of carbonyl (C=O) groups is 1. The molecule has 0 aromatic heterocycles. The van der Waals surface area contributed by atoms with Crippen LogP contribution >= 0.6 is 0 Å². The van der Waals surface area contributed by atoms with Crippen molar-refractivity contribution >= 4 is 11.6 Å². The molecule has 1 aromatic rings. The van der Waals surface area contributed by atoms with Crippen LogP contribution in [0, 0.1) is 5.92 Å². The Labute approximate surface area is 107 Å². The predicted octanol–water partition coefficient (Wildman–Crippen LogP) is 2.10. The van der Waals surface area contributed by atoms with E-state index >= 15 is 0 Å². The molecule has 1 amide bonds. The van der Waals surface area contributed by atoms with Gasteiger partial charge < -0.3 is 15.2 Å². The van der Waals surface area contributed by atoms with Crippen LogP contribution in [0.2, 0.25) is 0 Å². The fraction of sp³-hybridized carbons (Fsp3) is 0.500. The van der Waals surface area contributed by atoms with Gasteiger partial charge in [-0.15, -0.1) is 0 Å². The van der Waals surface area contributed by atoms with Crippen LogP contribution in [0.1, 0.15) is 31.4 Å². The molecule has 1 aliphatic heterocycles. The molecule has 2 N–H and O–H groups in total. The Morgan fingerprint density at radius 1 is 1.44 bits per heavy atom. The number of aliphatic hydroxyl groups is 1. The average Bonchev–Trinajstić information content (AvgIpc) is 2.40. The zero-order chi connectivity index (χ0) is 13.0. The van der Waals surface area contributed by atoms with Crippen LogP contribution in [-0.4, -0.2) is 24.2 Å². The Bertz CT molecular complexity index is 394. The van der Waals surface area contributed by atoms with Gasteiger partial charge in [0, 0.05) is 12.3 Å². The van der Waals surface area contributed by atoms with E-state index in [1.807, 2.05) is 24.3 Å². The van der Waals surface area contributed by atoms with Gasteiger partial charge in [-0.2, -0.15) is 0 Å². The molecule has 4 heteroatoms. The van der Waals surface area contributed by atoms with Crippen LogP contribution in [0.15, 0.2) is 24.3 Å². The second-order valence-electron chi connectivity index (χ2n) is 4.70. The minimum atomic E-state index is -0.485. The van der Waals surface area contributed by atoms with Gasteiger partial charge in [-0.3, -0.25) is 4.79 Å². The molecular weight excluding hydrogens is 230 g/mol. The highest BCUT2D eigenvalue weighted by Gasteiger charge is 2.21. The Balaban J connectivity index is 1.94. The standard InChI is InChI=1S/C14H19NO3/c1-10(16)11-4-6-13(7-5-11)15-14(17)12-3-2-8-18-9-12/h4-7,10,12,16H,2-3,8-9H2,1H3,(H,15,17). The third-order valence-electron chi connectivity index (χ3n) is 3.19. The Kier molecular flexibility index (Phi) is 4.33. The van der Waals surface area contributed by atoms with Crippen molar-refractivity contribution in [2.45, 2.75) is 25.9 Å². The van der Waals surface area contributed by atoms with E-state index in [4.69, 9.17) is 4.74 Å². The van der Waals surface area contributed by atoms with Crippen LogP contribution in [-0.2, 0) is 9.53 Å². The summed E-state index contributed by atoms with van der Waals surface area (Å²) >= 11 is 0. The van der Waals surface area contributed by atoms with Gasteiger partial charge in [0.1, 0.15) is 0 Å². The van der Waals surface area contributed by atoms with Gasteiger partial charge in [0.05, 0.1) is 18.6 Å². The smallest absolute Gasteiger partial charge is 0.229 e. The molecule has 4 nitrogen and oxygen atoms in total. The van der Waals surface area contributed by atoms with Crippen LogP contribution < -0.4 is 5.32 Å². The summed E-state index contributed by atoms with van der Waals surface area (Å²) in [5.41, 5.74) is 1.60. The SMILES string of the molecule is CC(O)c1ccc(NC(=O)C2CCCOC2)cc1. The molecule has 18 heavy (non-hydrogen) atoms. The number of nitrogens with one attached hydrogen (secondary N) is 1. The molecule has 2 rings (SSSR count). The van der Waals surface area contributed by atoms with Crippen molar-refractivity contribution in [3.63, 3.8) is 0 Å². The number of rotatable bonds is 3.